The van der Waals surface area contributed by atoms with Gasteiger partial charge in [-0.15, -0.1) is 0 Å². The first-order valence-electron chi connectivity index (χ1n) is 7.21. The van der Waals surface area contributed by atoms with Crippen molar-refractivity contribution in [3.63, 3.8) is 0 Å². The Morgan fingerprint density at radius 1 is 0.875 bits per heavy atom. The van der Waals surface area contributed by atoms with Gasteiger partial charge in [0.05, 0.1) is 19.9 Å². The lowest BCUT2D eigenvalue weighted by atomic mass is 10.1. The predicted octanol–water partition coefficient (Wildman–Crippen LogP) is 4.77. The van der Waals surface area contributed by atoms with Gasteiger partial charge in [-0.2, -0.15) is 0 Å². The van der Waals surface area contributed by atoms with Crippen molar-refractivity contribution in [2.75, 3.05) is 0 Å². The molecule has 1 aliphatic heterocycles. The molecule has 1 saturated heterocycles. The van der Waals surface area contributed by atoms with Gasteiger partial charge in [0, 0.05) is 0 Å². The van der Waals surface area contributed by atoms with Gasteiger partial charge in [-0.3, -0.25) is 0 Å². The van der Waals surface area contributed by atoms with Gasteiger partial charge in [0.1, 0.15) is 0 Å². The Labute approximate surface area is 103 Å². The van der Waals surface area contributed by atoms with E-state index in [9.17, 15) is 0 Å². The van der Waals surface area contributed by atoms with E-state index in [1.165, 1.54) is 51.4 Å². The molecule has 0 aromatic heterocycles. The summed E-state index contributed by atoms with van der Waals surface area (Å²) in [5.74, 6) is 0. The third kappa shape index (κ3) is 5.49. The van der Waals surface area contributed by atoms with E-state index in [4.69, 9.17) is 4.74 Å². The molecule has 0 bridgehead atoms. The van der Waals surface area contributed by atoms with Gasteiger partial charge >= 0.3 is 0 Å². The third-order valence-electron chi connectivity index (χ3n) is 3.53. The lowest BCUT2D eigenvalue weighted by Gasteiger charge is -2.11. The van der Waals surface area contributed by atoms with Gasteiger partial charge in [0.15, 0.2) is 0 Å². The standard InChI is InChI=1S/C14H30OSi/c1-5-6-7-8-9-10-11-12-13-14(15-13)16(2,3)4/h13-14H,5-12H2,1-4H3. The molecule has 16 heavy (non-hydrogen) atoms. The molecular formula is C14H30OSi. The van der Waals surface area contributed by atoms with E-state index < -0.39 is 8.07 Å². The van der Waals surface area contributed by atoms with Crippen molar-refractivity contribution in [1.82, 2.24) is 0 Å². The molecule has 1 aliphatic rings. The van der Waals surface area contributed by atoms with Gasteiger partial charge in [0.25, 0.3) is 0 Å². The summed E-state index contributed by atoms with van der Waals surface area (Å²) < 4.78 is 5.79. The van der Waals surface area contributed by atoms with Crippen LogP contribution < -0.4 is 0 Å². The van der Waals surface area contributed by atoms with Gasteiger partial charge in [0.2, 0.25) is 0 Å². The van der Waals surface area contributed by atoms with Gasteiger partial charge in [-0.25, -0.2) is 0 Å². The van der Waals surface area contributed by atoms with Crippen LogP contribution in [0.15, 0.2) is 0 Å². The second kappa shape index (κ2) is 6.80. The van der Waals surface area contributed by atoms with Crippen molar-refractivity contribution in [2.45, 2.75) is 89.8 Å². The van der Waals surface area contributed by atoms with Gasteiger partial charge in [-0.05, 0) is 6.42 Å². The van der Waals surface area contributed by atoms with Gasteiger partial charge in [-0.1, -0.05) is 71.5 Å². The molecule has 0 aromatic carbocycles. The zero-order valence-corrected chi connectivity index (χ0v) is 12.7. The Bertz CT molecular complexity index is 186. The van der Waals surface area contributed by atoms with E-state index in [1.54, 1.807) is 0 Å². The Balaban J connectivity index is 1.87. The molecule has 0 spiro atoms. The average Bonchev–Trinajstić information content (AvgIpc) is 2.95. The van der Waals surface area contributed by atoms with E-state index in [0.29, 0.717) is 11.8 Å². The van der Waals surface area contributed by atoms with Crippen LogP contribution in [0.4, 0.5) is 0 Å². The number of hydrogen-bond donors (Lipinski definition) is 0. The SMILES string of the molecule is CCCCCCCCCC1OC1[Si](C)(C)C. The van der Waals surface area contributed by atoms with Crippen molar-refractivity contribution in [3.8, 4) is 0 Å². The lowest BCUT2D eigenvalue weighted by molar-refractivity contribution is 0.377. The normalized spacial score (nSPS) is 24.8. The maximum Gasteiger partial charge on any atom is 0.0819 e. The highest BCUT2D eigenvalue weighted by Gasteiger charge is 2.47. The van der Waals surface area contributed by atoms with Crippen LogP contribution in [-0.2, 0) is 4.74 Å². The Morgan fingerprint density at radius 2 is 1.44 bits per heavy atom. The number of epoxide rings is 1. The van der Waals surface area contributed by atoms with Crippen LogP contribution in [0.2, 0.25) is 19.6 Å². The molecule has 1 fully saturated rings. The molecule has 0 amide bonds. The van der Waals surface area contributed by atoms with E-state index >= 15 is 0 Å². The zero-order chi connectivity index (χ0) is 12.0. The molecule has 0 aliphatic carbocycles. The maximum absolute atomic E-state index is 5.79. The second-order valence-electron chi connectivity index (χ2n) is 6.37. The number of unbranched alkanes of at least 4 members (excludes halogenated alkanes) is 6. The van der Waals surface area contributed by atoms with Gasteiger partial charge < -0.3 is 4.74 Å². The highest BCUT2D eigenvalue weighted by Crippen LogP contribution is 2.34. The summed E-state index contributed by atoms with van der Waals surface area (Å²) >= 11 is 0. The lowest BCUT2D eigenvalue weighted by Crippen LogP contribution is -2.30. The summed E-state index contributed by atoms with van der Waals surface area (Å²) in [5.41, 5.74) is 0.674. The fourth-order valence-corrected chi connectivity index (χ4v) is 4.29. The van der Waals surface area contributed by atoms with Crippen LogP contribution in [0.1, 0.15) is 58.3 Å². The predicted molar refractivity (Wildman–Crippen MR) is 74.6 cm³/mol. The first kappa shape index (κ1) is 14.2. The Kier molecular flexibility index (Phi) is 6.05. The van der Waals surface area contributed by atoms with Crippen LogP contribution in [-0.4, -0.2) is 19.9 Å². The zero-order valence-electron chi connectivity index (χ0n) is 11.7. The van der Waals surface area contributed by atoms with Crippen LogP contribution in [0.5, 0.6) is 0 Å². The quantitative estimate of drug-likeness (QED) is 0.322. The van der Waals surface area contributed by atoms with Crippen molar-refractivity contribution in [1.29, 1.82) is 0 Å². The molecule has 0 radical (unpaired) electrons. The monoisotopic (exact) mass is 242 g/mol. The smallest absolute Gasteiger partial charge is 0.0819 e. The minimum Gasteiger partial charge on any atom is -0.373 e. The van der Waals surface area contributed by atoms with E-state index in [0.717, 1.165) is 0 Å². The maximum atomic E-state index is 5.79. The van der Waals surface area contributed by atoms with E-state index in [-0.39, 0.29) is 0 Å². The molecule has 1 nitrogen and oxygen atoms in total. The third-order valence-corrected chi connectivity index (χ3v) is 5.74. The molecule has 96 valence electrons. The largest absolute Gasteiger partial charge is 0.373 e. The van der Waals surface area contributed by atoms with E-state index in [1.807, 2.05) is 0 Å². The van der Waals surface area contributed by atoms with Crippen molar-refractivity contribution in [3.05, 3.63) is 0 Å². The van der Waals surface area contributed by atoms with E-state index in [2.05, 4.69) is 26.6 Å². The summed E-state index contributed by atoms with van der Waals surface area (Å²) in [6.45, 7) is 9.54. The van der Waals surface area contributed by atoms with Crippen molar-refractivity contribution >= 4 is 8.07 Å². The fourth-order valence-electron chi connectivity index (χ4n) is 2.43. The highest BCUT2D eigenvalue weighted by molar-refractivity contribution is 6.78. The Morgan fingerprint density at radius 3 is 1.94 bits per heavy atom. The molecule has 0 aromatic rings. The minimum atomic E-state index is -0.995. The second-order valence-corrected chi connectivity index (χ2v) is 11.7. The molecule has 1 rings (SSSR count). The summed E-state index contributed by atoms with van der Waals surface area (Å²) in [7, 11) is -0.995. The number of rotatable bonds is 9. The molecule has 0 saturated carbocycles. The fraction of sp³-hybridized carbons (Fsp3) is 1.00. The van der Waals surface area contributed by atoms with Crippen molar-refractivity contribution < 1.29 is 4.74 Å². The molecular weight excluding hydrogens is 212 g/mol. The van der Waals surface area contributed by atoms with Crippen LogP contribution >= 0.6 is 0 Å². The summed E-state index contributed by atoms with van der Waals surface area (Å²) in [6, 6.07) is 0. The Hall–Kier alpha value is 0.177. The van der Waals surface area contributed by atoms with Crippen LogP contribution in [0.25, 0.3) is 0 Å². The summed E-state index contributed by atoms with van der Waals surface area (Å²) in [6.07, 6.45) is 11.9. The van der Waals surface area contributed by atoms with Crippen LogP contribution in [0.3, 0.4) is 0 Å². The van der Waals surface area contributed by atoms with Crippen LogP contribution in [0, 0.1) is 0 Å². The number of ether oxygens (including phenoxy) is 1. The molecule has 0 N–H and O–H groups in total. The first-order valence-corrected chi connectivity index (χ1v) is 10.8. The van der Waals surface area contributed by atoms with Crippen molar-refractivity contribution in [2.24, 2.45) is 0 Å². The summed E-state index contributed by atoms with van der Waals surface area (Å²) in [5, 5.41) is 0. The highest BCUT2D eigenvalue weighted by atomic mass is 28.3. The number of hydrogen-bond acceptors (Lipinski definition) is 1. The summed E-state index contributed by atoms with van der Waals surface area (Å²) in [4.78, 5) is 0. The molecule has 2 unspecified atom stereocenters. The molecule has 1 heterocycles. The molecule has 2 atom stereocenters. The first-order chi connectivity index (χ1) is 7.55. The molecule has 2 heteroatoms. The minimum absolute atomic E-state index is 0.641. The average molecular weight is 242 g/mol. The topological polar surface area (TPSA) is 12.5 Å².